The van der Waals surface area contributed by atoms with Gasteiger partial charge in [0.25, 0.3) is 0 Å². The van der Waals surface area contributed by atoms with E-state index >= 15 is 0 Å². The highest BCUT2D eigenvalue weighted by molar-refractivity contribution is 5.96. The highest BCUT2D eigenvalue weighted by Gasteiger charge is 2.31. The number of nitrogens with two attached hydrogens (primary N) is 3. The molecule has 0 radical (unpaired) electrons. The Morgan fingerprint density at radius 3 is 2.11 bits per heavy atom. The monoisotopic (exact) mass is 609 g/mol. The third-order valence-electron chi connectivity index (χ3n) is 7.07. The molecule has 3 aromatic rings. The molecular formula is C30H39N7O7. The molecule has 0 aliphatic carbocycles. The zero-order valence-corrected chi connectivity index (χ0v) is 24.1. The highest BCUT2D eigenvalue weighted by Crippen LogP contribution is 2.19. The van der Waals surface area contributed by atoms with Gasteiger partial charge in [0.1, 0.15) is 23.9 Å². The molecule has 0 bridgehead atoms. The second kappa shape index (κ2) is 16.0. The van der Waals surface area contributed by atoms with Gasteiger partial charge in [-0.15, -0.1) is 0 Å². The van der Waals surface area contributed by atoms with Crippen LogP contribution in [0.25, 0.3) is 10.9 Å². The molecule has 12 N–H and O–H groups in total. The van der Waals surface area contributed by atoms with Crippen molar-refractivity contribution in [3.63, 3.8) is 0 Å². The minimum atomic E-state index is -1.45. The fourth-order valence-electron chi connectivity index (χ4n) is 4.67. The maximum atomic E-state index is 13.5. The number of carbonyl (C=O) groups is 5. The summed E-state index contributed by atoms with van der Waals surface area (Å²) in [5.74, 6) is -4.59. The predicted octanol–water partition coefficient (Wildman–Crippen LogP) is -0.471. The van der Waals surface area contributed by atoms with E-state index in [4.69, 9.17) is 17.2 Å². The number of aliphatic carboxylic acids is 1. The fraction of sp³-hybridized carbons (Fsp3) is 0.367. The van der Waals surface area contributed by atoms with Crippen LogP contribution in [0.3, 0.4) is 0 Å². The van der Waals surface area contributed by atoms with Crippen LogP contribution in [0.2, 0.25) is 0 Å². The van der Waals surface area contributed by atoms with E-state index in [0.29, 0.717) is 36.9 Å². The maximum Gasteiger partial charge on any atom is 0.326 e. The van der Waals surface area contributed by atoms with E-state index in [9.17, 15) is 34.2 Å². The second-order valence-corrected chi connectivity index (χ2v) is 10.5. The largest absolute Gasteiger partial charge is 0.508 e. The van der Waals surface area contributed by atoms with E-state index in [2.05, 4.69) is 20.9 Å². The summed E-state index contributed by atoms with van der Waals surface area (Å²) in [6.45, 7) is 0.427. The van der Waals surface area contributed by atoms with Crippen LogP contribution in [0.1, 0.15) is 36.8 Å². The molecule has 1 aromatic heterocycles. The lowest BCUT2D eigenvalue weighted by Gasteiger charge is -2.25. The van der Waals surface area contributed by atoms with Gasteiger partial charge < -0.3 is 48.3 Å². The van der Waals surface area contributed by atoms with Crippen LogP contribution in [0, 0.1) is 0 Å². The number of rotatable bonds is 17. The standard InChI is InChI=1S/C30H39N7O7/c31-12-4-3-6-21(32)27(40)35-24(15-26(33)39)29(42)36-23(13-17-8-10-19(38)11-9-17)28(41)37-25(30(43)44)14-18-16-34-22-7-2-1-5-20(18)22/h1-2,5,7-11,16,21,23-25,34,38H,3-4,6,12-15,31-32H2,(H2,33,39)(H,35,40)(H,36,42)(H,37,41)(H,43,44). The number of aromatic hydroxyl groups is 1. The van der Waals surface area contributed by atoms with Gasteiger partial charge in [-0.3, -0.25) is 19.2 Å². The van der Waals surface area contributed by atoms with Gasteiger partial charge in [0, 0.05) is 29.9 Å². The van der Waals surface area contributed by atoms with Crippen molar-refractivity contribution in [2.75, 3.05) is 6.54 Å². The van der Waals surface area contributed by atoms with Gasteiger partial charge in [0.2, 0.25) is 23.6 Å². The molecule has 0 spiro atoms. The van der Waals surface area contributed by atoms with Crippen molar-refractivity contribution < 1.29 is 34.2 Å². The van der Waals surface area contributed by atoms with Crippen LogP contribution in [-0.2, 0) is 36.8 Å². The number of phenols is 1. The quantitative estimate of drug-likeness (QED) is 0.0895. The normalized spacial score (nSPS) is 13.8. The van der Waals surface area contributed by atoms with Crippen molar-refractivity contribution in [3.05, 3.63) is 65.9 Å². The maximum absolute atomic E-state index is 13.5. The number of aromatic nitrogens is 1. The lowest BCUT2D eigenvalue weighted by atomic mass is 10.0. The van der Waals surface area contributed by atoms with Crippen molar-refractivity contribution in [3.8, 4) is 5.75 Å². The van der Waals surface area contributed by atoms with Crippen molar-refractivity contribution in [2.24, 2.45) is 17.2 Å². The van der Waals surface area contributed by atoms with E-state index in [1.165, 1.54) is 24.3 Å². The summed E-state index contributed by atoms with van der Waals surface area (Å²) < 4.78 is 0. The molecule has 0 fully saturated rings. The Morgan fingerprint density at radius 2 is 1.45 bits per heavy atom. The molecule has 2 aromatic carbocycles. The number of primary amides is 1. The number of unbranched alkanes of at least 4 members (excludes halogenated alkanes) is 1. The number of hydrogen-bond acceptors (Lipinski definition) is 8. The predicted molar refractivity (Wildman–Crippen MR) is 162 cm³/mol. The van der Waals surface area contributed by atoms with Crippen LogP contribution in [0.15, 0.2) is 54.7 Å². The zero-order valence-electron chi connectivity index (χ0n) is 24.1. The van der Waals surface area contributed by atoms with Gasteiger partial charge in [-0.2, -0.15) is 0 Å². The third-order valence-corrected chi connectivity index (χ3v) is 7.07. The van der Waals surface area contributed by atoms with Crippen LogP contribution in [0.4, 0.5) is 0 Å². The van der Waals surface area contributed by atoms with Gasteiger partial charge in [-0.05, 0) is 48.7 Å². The number of amides is 4. The first-order chi connectivity index (χ1) is 21.0. The first kappa shape index (κ1) is 33.6. The molecule has 14 nitrogen and oxygen atoms in total. The van der Waals surface area contributed by atoms with Crippen molar-refractivity contribution in [2.45, 2.75) is 62.7 Å². The zero-order chi connectivity index (χ0) is 32.2. The number of phenolic OH excluding ortho intramolecular Hbond substituents is 1. The molecule has 44 heavy (non-hydrogen) atoms. The van der Waals surface area contributed by atoms with Gasteiger partial charge >= 0.3 is 5.97 Å². The Labute approximate surface area is 253 Å². The summed E-state index contributed by atoms with van der Waals surface area (Å²) >= 11 is 0. The van der Waals surface area contributed by atoms with Crippen LogP contribution in [0.5, 0.6) is 5.75 Å². The van der Waals surface area contributed by atoms with Crippen molar-refractivity contribution in [1.29, 1.82) is 0 Å². The highest BCUT2D eigenvalue weighted by atomic mass is 16.4. The first-order valence-electron chi connectivity index (χ1n) is 14.2. The van der Waals surface area contributed by atoms with Gasteiger partial charge in [-0.1, -0.05) is 36.8 Å². The molecule has 1 heterocycles. The molecule has 0 saturated carbocycles. The fourth-order valence-corrected chi connectivity index (χ4v) is 4.67. The van der Waals surface area contributed by atoms with E-state index in [0.717, 1.165) is 10.9 Å². The SMILES string of the molecule is NCCCCC(N)C(=O)NC(CC(N)=O)C(=O)NC(Cc1ccc(O)cc1)C(=O)NC(Cc1c[nH]c2ccccc12)C(=O)O. The van der Waals surface area contributed by atoms with Crippen molar-refractivity contribution in [1.82, 2.24) is 20.9 Å². The molecule has 236 valence electrons. The summed E-state index contributed by atoms with van der Waals surface area (Å²) in [5.41, 5.74) is 18.7. The summed E-state index contributed by atoms with van der Waals surface area (Å²) in [5, 5.41) is 27.8. The van der Waals surface area contributed by atoms with Gasteiger partial charge in [0.15, 0.2) is 0 Å². The number of aromatic amines is 1. The second-order valence-electron chi connectivity index (χ2n) is 10.5. The molecular weight excluding hydrogens is 570 g/mol. The summed E-state index contributed by atoms with van der Waals surface area (Å²) in [6, 6.07) is 8.06. The first-order valence-corrected chi connectivity index (χ1v) is 14.2. The molecule has 0 saturated heterocycles. The van der Waals surface area contributed by atoms with Crippen LogP contribution < -0.4 is 33.2 Å². The molecule has 4 atom stereocenters. The van der Waals surface area contributed by atoms with Crippen molar-refractivity contribution >= 4 is 40.5 Å². The minimum Gasteiger partial charge on any atom is -0.508 e. The molecule has 0 aliphatic heterocycles. The minimum absolute atomic E-state index is 0.0181. The molecule has 14 heteroatoms. The Morgan fingerprint density at radius 1 is 0.818 bits per heavy atom. The lowest BCUT2D eigenvalue weighted by molar-refractivity contribution is -0.142. The number of fused-ring (bicyclic) bond motifs is 1. The molecule has 0 aliphatic rings. The number of carbonyl (C=O) groups excluding carboxylic acids is 4. The summed E-state index contributed by atoms with van der Waals surface area (Å²) in [7, 11) is 0. The number of nitrogens with one attached hydrogen (secondary N) is 4. The van der Waals surface area contributed by atoms with Crippen LogP contribution >= 0.6 is 0 Å². The van der Waals surface area contributed by atoms with Crippen LogP contribution in [-0.4, -0.2) is 75.5 Å². The summed E-state index contributed by atoms with van der Waals surface area (Å²) in [6.07, 6.45) is 2.47. The smallest absolute Gasteiger partial charge is 0.326 e. The van der Waals surface area contributed by atoms with Gasteiger partial charge in [0.05, 0.1) is 12.5 Å². The van der Waals surface area contributed by atoms with E-state index in [1.54, 1.807) is 6.20 Å². The Hall–Kier alpha value is -4.95. The molecule has 4 amide bonds. The Bertz CT molecular complexity index is 1460. The average Bonchev–Trinajstić information content (AvgIpc) is 3.39. The number of H-pyrrole nitrogens is 1. The van der Waals surface area contributed by atoms with Gasteiger partial charge in [-0.25, -0.2) is 4.79 Å². The summed E-state index contributed by atoms with van der Waals surface area (Å²) in [4.78, 5) is 66.6. The van der Waals surface area contributed by atoms with E-state index in [-0.39, 0.29) is 18.6 Å². The number of carboxylic acids is 1. The lowest BCUT2D eigenvalue weighted by Crippen LogP contribution is -2.58. The average molecular weight is 610 g/mol. The molecule has 4 unspecified atom stereocenters. The topological polar surface area (TPSA) is 256 Å². The van der Waals surface area contributed by atoms with E-state index < -0.39 is 60.2 Å². The number of para-hydroxylation sites is 1. The Balaban J connectivity index is 1.81. The van der Waals surface area contributed by atoms with E-state index in [1.807, 2.05) is 24.3 Å². The number of carboxylic acid groups (broad SMARTS) is 1. The molecule has 3 rings (SSSR count). The Kier molecular flexibility index (Phi) is 12.2. The number of hydrogen-bond donors (Lipinski definition) is 9. The number of benzene rings is 2. The third kappa shape index (κ3) is 9.81.